The van der Waals surface area contributed by atoms with Gasteiger partial charge in [-0.25, -0.2) is 4.79 Å². The number of hydrogen-bond acceptors (Lipinski definition) is 2. The maximum atomic E-state index is 11.3. The molecule has 3 heteroatoms. The Balaban J connectivity index is 2.65. The van der Waals surface area contributed by atoms with E-state index in [4.69, 9.17) is 5.11 Å². The molecule has 0 aromatic carbocycles. The molecule has 0 heterocycles. The van der Waals surface area contributed by atoms with E-state index in [1.807, 2.05) is 13.0 Å². The van der Waals surface area contributed by atoms with Crippen molar-refractivity contribution in [2.45, 2.75) is 6.92 Å². The maximum Gasteiger partial charge on any atom is 0.328 e. The van der Waals surface area contributed by atoms with Crippen molar-refractivity contribution in [3.63, 3.8) is 0 Å². The van der Waals surface area contributed by atoms with Crippen molar-refractivity contribution < 1.29 is 14.7 Å². The zero-order valence-electron chi connectivity index (χ0n) is 7.23. The molecule has 0 aliphatic heterocycles. The Labute approximate surface area is 76.1 Å². The molecule has 0 fully saturated rings. The van der Waals surface area contributed by atoms with Crippen molar-refractivity contribution in [1.82, 2.24) is 0 Å². The fourth-order valence-corrected chi connectivity index (χ4v) is 1.13. The van der Waals surface area contributed by atoms with Gasteiger partial charge in [0.1, 0.15) is 0 Å². The summed E-state index contributed by atoms with van der Waals surface area (Å²) in [5, 5.41) is 8.30. The van der Waals surface area contributed by atoms with Crippen molar-refractivity contribution in [2.24, 2.45) is 5.92 Å². The second kappa shape index (κ2) is 3.85. The monoisotopic (exact) mass is 178 g/mol. The maximum absolute atomic E-state index is 11.3. The lowest BCUT2D eigenvalue weighted by Crippen LogP contribution is -2.04. The predicted molar refractivity (Wildman–Crippen MR) is 48.2 cm³/mol. The summed E-state index contributed by atoms with van der Waals surface area (Å²) in [6, 6.07) is 0. The minimum absolute atomic E-state index is 0.0888. The highest BCUT2D eigenvalue weighted by molar-refractivity contribution is 6.07. The van der Waals surface area contributed by atoms with Gasteiger partial charge in [0.2, 0.25) is 0 Å². The summed E-state index contributed by atoms with van der Waals surface area (Å²) in [6.45, 7) is 1.89. The SMILES string of the molecule is CC1C=CC=C1C(=O)C=CC(=O)O. The van der Waals surface area contributed by atoms with Gasteiger partial charge in [0.05, 0.1) is 0 Å². The van der Waals surface area contributed by atoms with Crippen LogP contribution in [0.15, 0.2) is 36.0 Å². The van der Waals surface area contributed by atoms with Crippen LogP contribution in [0.4, 0.5) is 0 Å². The third-order valence-electron chi connectivity index (χ3n) is 1.83. The molecular weight excluding hydrogens is 168 g/mol. The first-order valence-electron chi connectivity index (χ1n) is 3.95. The van der Waals surface area contributed by atoms with E-state index >= 15 is 0 Å². The van der Waals surface area contributed by atoms with Crippen LogP contribution in [0.5, 0.6) is 0 Å². The Bertz CT molecular complexity index is 321. The van der Waals surface area contributed by atoms with Gasteiger partial charge < -0.3 is 5.11 Å². The summed E-state index contributed by atoms with van der Waals surface area (Å²) >= 11 is 0. The lowest BCUT2D eigenvalue weighted by molar-refractivity contribution is -0.131. The molecule has 1 rings (SSSR count). The Morgan fingerprint density at radius 3 is 2.62 bits per heavy atom. The van der Waals surface area contributed by atoms with Crippen molar-refractivity contribution in [3.8, 4) is 0 Å². The molecule has 1 aliphatic carbocycles. The molecule has 3 nitrogen and oxygen atoms in total. The van der Waals surface area contributed by atoms with Crippen LogP contribution in [0.3, 0.4) is 0 Å². The summed E-state index contributed by atoms with van der Waals surface area (Å²) in [5.41, 5.74) is 0.637. The van der Waals surface area contributed by atoms with Crippen LogP contribution in [-0.2, 0) is 9.59 Å². The Morgan fingerprint density at radius 2 is 2.15 bits per heavy atom. The molecule has 1 unspecified atom stereocenters. The first kappa shape index (κ1) is 9.45. The van der Waals surface area contributed by atoms with Crippen LogP contribution in [0.2, 0.25) is 0 Å². The van der Waals surface area contributed by atoms with E-state index in [0.717, 1.165) is 12.2 Å². The zero-order valence-corrected chi connectivity index (χ0v) is 7.23. The molecule has 68 valence electrons. The van der Waals surface area contributed by atoms with Crippen LogP contribution < -0.4 is 0 Å². The van der Waals surface area contributed by atoms with Gasteiger partial charge in [-0.15, -0.1) is 0 Å². The fraction of sp³-hybridized carbons (Fsp3) is 0.200. The van der Waals surface area contributed by atoms with Gasteiger partial charge in [0.15, 0.2) is 5.78 Å². The fourth-order valence-electron chi connectivity index (χ4n) is 1.13. The van der Waals surface area contributed by atoms with Gasteiger partial charge in [-0.3, -0.25) is 4.79 Å². The molecule has 1 atom stereocenters. The summed E-state index contributed by atoms with van der Waals surface area (Å²) in [7, 11) is 0. The highest BCUT2D eigenvalue weighted by Crippen LogP contribution is 2.19. The molecule has 1 N–H and O–H groups in total. The van der Waals surface area contributed by atoms with Gasteiger partial charge in [-0.1, -0.05) is 25.2 Å². The van der Waals surface area contributed by atoms with E-state index in [0.29, 0.717) is 5.57 Å². The lowest BCUT2D eigenvalue weighted by Gasteiger charge is -2.02. The van der Waals surface area contributed by atoms with Crippen molar-refractivity contribution in [1.29, 1.82) is 0 Å². The number of carboxylic acid groups (broad SMARTS) is 1. The number of allylic oxidation sites excluding steroid dienone is 5. The minimum atomic E-state index is -1.10. The molecular formula is C10H10O3. The second-order valence-electron chi connectivity index (χ2n) is 2.83. The summed E-state index contributed by atoms with van der Waals surface area (Å²) in [4.78, 5) is 21.4. The van der Waals surface area contributed by atoms with Crippen LogP contribution in [0.25, 0.3) is 0 Å². The Kier molecular flexibility index (Phi) is 2.80. The Hall–Kier alpha value is -1.64. The summed E-state index contributed by atoms with van der Waals surface area (Å²) in [5.74, 6) is -1.25. The van der Waals surface area contributed by atoms with Crippen LogP contribution in [-0.4, -0.2) is 16.9 Å². The first-order chi connectivity index (χ1) is 6.11. The minimum Gasteiger partial charge on any atom is -0.478 e. The Morgan fingerprint density at radius 1 is 1.46 bits per heavy atom. The van der Waals surface area contributed by atoms with Gasteiger partial charge in [0.25, 0.3) is 0 Å². The third-order valence-corrected chi connectivity index (χ3v) is 1.83. The average molecular weight is 178 g/mol. The third kappa shape index (κ3) is 2.40. The van der Waals surface area contributed by atoms with Crippen molar-refractivity contribution in [2.75, 3.05) is 0 Å². The standard InChI is InChI=1S/C10H10O3/c1-7-3-2-4-8(7)9(11)5-6-10(12)13/h2-7H,1H3,(H,12,13). The van der Waals surface area contributed by atoms with E-state index in [1.54, 1.807) is 12.2 Å². The van der Waals surface area contributed by atoms with E-state index in [-0.39, 0.29) is 11.7 Å². The van der Waals surface area contributed by atoms with Gasteiger partial charge >= 0.3 is 5.97 Å². The topological polar surface area (TPSA) is 54.4 Å². The molecule has 0 saturated carbocycles. The van der Waals surface area contributed by atoms with Crippen LogP contribution >= 0.6 is 0 Å². The number of carboxylic acids is 1. The van der Waals surface area contributed by atoms with E-state index in [1.165, 1.54) is 0 Å². The molecule has 1 aliphatic rings. The molecule has 13 heavy (non-hydrogen) atoms. The number of hydrogen-bond donors (Lipinski definition) is 1. The number of carbonyl (C=O) groups excluding carboxylic acids is 1. The van der Waals surface area contributed by atoms with E-state index in [9.17, 15) is 9.59 Å². The number of ketones is 1. The summed E-state index contributed by atoms with van der Waals surface area (Å²) < 4.78 is 0. The largest absolute Gasteiger partial charge is 0.478 e. The average Bonchev–Trinajstić information content (AvgIpc) is 2.47. The van der Waals surface area contributed by atoms with Gasteiger partial charge in [-0.2, -0.15) is 0 Å². The van der Waals surface area contributed by atoms with Crippen molar-refractivity contribution >= 4 is 11.8 Å². The van der Waals surface area contributed by atoms with Gasteiger partial charge in [0, 0.05) is 17.6 Å². The molecule has 0 amide bonds. The number of rotatable bonds is 3. The molecule has 0 spiro atoms. The highest BCUT2D eigenvalue weighted by atomic mass is 16.4. The van der Waals surface area contributed by atoms with E-state index in [2.05, 4.69) is 0 Å². The number of carbonyl (C=O) groups is 2. The quantitative estimate of drug-likeness (QED) is 0.663. The van der Waals surface area contributed by atoms with E-state index < -0.39 is 5.97 Å². The molecule has 0 aromatic rings. The van der Waals surface area contributed by atoms with Crippen LogP contribution in [0, 0.1) is 5.92 Å². The molecule has 0 aromatic heterocycles. The molecule has 0 saturated heterocycles. The molecule has 0 radical (unpaired) electrons. The zero-order chi connectivity index (χ0) is 9.84. The van der Waals surface area contributed by atoms with Crippen molar-refractivity contribution in [3.05, 3.63) is 36.0 Å². The second-order valence-corrected chi connectivity index (χ2v) is 2.83. The first-order valence-corrected chi connectivity index (χ1v) is 3.95. The smallest absolute Gasteiger partial charge is 0.328 e. The molecule has 0 bridgehead atoms. The lowest BCUT2D eigenvalue weighted by atomic mass is 10.0. The van der Waals surface area contributed by atoms with Gasteiger partial charge in [-0.05, 0) is 6.08 Å². The normalized spacial score (nSPS) is 20.7. The summed E-state index contributed by atoms with van der Waals surface area (Å²) in [6.07, 6.45) is 7.33. The highest BCUT2D eigenvalue weighted by Gasteiger charge is 2.14. The number of aliphatic carboxylic acids is 1. The van der Waals surface area contributed by atoms with Crippen LogP contribution in [0.1, 0.15) is 6.92 Å². The predicted octanol–water partition coefficient (Wildman–Crippen LogP) is 1.33.